The van der Waals surface area contributed by atoms with Gasteiger partial charge in [-0.2, -0.15) is 0 Å². The number of hydrogen-bond donors (Lipinski definition) is 3. The molecule has 55 heavy (non-hydrogen) atoms. The molecule has 1 saturated carbocycles. The van der Waals surface area contributed by atoms with Crippen LogP contribution >= 0.6 is 0 Å². The molecule has 4 amide bonds. The summed E-state index contributed by atoms with van der Waals surface area (Å²) in [5, 5.41) is 6.28. The molecule has 2 bridgehead atoms. The number of anilines is 1. The number of piperidine rings is 1. The standard InChI is InChI=1S/C42H70N6O7/c1-11-26(4)37(47(7)42(52)36(25(2)3)45-41(51)38-29-17-18-32(22-29)46(38)6)34(54-9)23-35(49)48-19-13-16-33(48)39(55-10)27(5)40(50)44-31(24-53-8)21-28-14-12-15-30(43)20-28/h12,14-15,20,25-27,29,31-34,36-39H,11,13,16-19,21-24,43H2,1-10H3,(H,44,50)(H,45,51)/t26-,27+,29-,31?,32+,33?,34+,36?,37-,38-,39+/m0/s1. The first kappa shape index (κ1) is 44.5. The van der Waals surface area contributed by atoms with Gasteiger partial charge in [0.25, 0.3) is 0 Å². The summed E-state index contributed by atoms with van der Waals surface area (Å²) in [4.78, 5) is 61.7. The van der Waals surface area contributed by atoms with Gasteiger partial charge in [0.15, 0.2) is 0 Å². The van der Waals surface area contributed by atoms with Gasteiger partial charge in [-0.15, -0.1) is 0 Å². The Morgan fingerprint density at radius 1 is 1.02 bits per heavy atom. The lowest BCUT2D eigenvalue weighted by Crippen LogP contribution is -2.60. The van der Waals surface area contributed by atoms with Crippen LogP contribution in [0.25, 0.3) is 0 Å². The second-order valence-corrected chi connectivity index (χ2v) is 16.8. The highest BCUT2D eigenvalue weighted by Crippen LogP contribution is 2.41. The number of rotatable bonds is 20. The zero-order valence-electron chi connectivity index (χ0n) is 35.1. The molecule has 1 aromatic carbocycles. The number of nitrogen functional groups attached to an aromatic ring is 1. The second kappa shape index (κ2) is 20.2. The Balaban J connectivity index is 1.45. The molecule has 11 atom stereocenters. The predicted octanol–water partition coefficient (Wildman–Crippen LogP) is 3.49. The van der Waals surface area contributed by atoms with Crippen molar-refractivity contribution in [2.75, 3.05) is 54.3 Å². The largest absolute Gasteiger partial charge is 0.399 e. The molecule has 2 saturated heterocycles. The van der Waals surface area contributed by atoms with Gasteiger partial charge in [0.1, 0.15) is 6.04 Å². The summed E-state index contributed by atoms with van der Waals surface area (Å²) in [6, 6.07) is 6.08. The number of ether oxygens (including phenoxy) is 3. The smallest absolute Gasteiger partial charge is 0.245 e. The van der Waals surface area contributed by atoms with Crippen molar-refractivity contribution in [3.63, 3.8) is 0 Å². The van der Waals surface area contributed by atoms with E-state index >= 15 is 0 Å². The van der Waals surface area contributed by atoms with E-state index in [2.05, 4.69) is 29.4 Å². The monoisotopic (exact) mass is 771 g/mol. The Kier molecular flexibility index (Phi) is 16.4. The molecule has 310 valence electrons. The summed E-state index contributed by atoms with van der Waals surface area (Å²) in [6.07, 6.45) is 4.91. The van der Waals surface area contributed by atoms with E-state index in [1.165, 1.54) is 0 Å². The van der Waals surface area contributed by atoms with E-state index in [4.69, 9.17) is 19.9 Å². The van der Waals surface area contributed by atoms with E-state index in [1.54, 1.807) is 33.3 Å². The van der Waals surface area contributed by atoms with Crippen LogP contribution in [0.15, 0.2) is 24.3 Å². The molecule has 0 spiro atoms. The fraction of sp³-hybridized carbons (Fsp3) is 0.762. The maximum absolute atomic E-state index is 14.3. The number of nitrogens with zero attached hydrogens (tertiary/aromatic N) is 3. The van der Waals surface area contributed by atoms with Crippen LogP contribution in [0.4, 0.5) is 5.69 Å². The number of methoxy groups -OCH3 is 3. The number of likely N-dealkylation sites (tertiary alicyclic amines) is 2. The molecule has 3 unspecified atom stereocenters. The molecule has 0 radical (unpaired) electrons. The maximum atomic E-state index is 14.3. The van der Waals surface area contributed by atoms with Crippen LogP contribution in [0.5, 0.6) is 0 Å². The first-order valence-corrected chi connectivity index (χ1v) is 20.4. The quantitative estimate of drug-likeness (QED) is 0.169. The van der Waals surface area contributed by atoms with Crippen LogP contribution in [0.3, 0.4) is 0 Å². The maximum Gasteiger partial charge on any atom is 0.245 e. The number of hydrogen-bond acceptors (Lipinski definition) is 9. The Morgan fingerprint density at radius 2 is 1.75 bits per heavy atom. The summed E-state index contributed by atoms with van der Waals surface area (Å²) in [5.41, 5.74) is 7.64. The molecule has 4 rings (SSSR count). The molecule has 2 heterocycles. The molecule has 4 N–H and O–H groups in total. The fourth-order valence-electron chi connectivity index (χ4n) is 9.57. The van der Waals surface area contributed by atoms with Crippen molar-refractivity contribution in [3.05, 3.63) is 29.8 Å². The number of fused-ring (bicyclic) bond motifs is 2. The van der Waals surface area contributed by atoms with Crippen molar-refractivity contribution >= 4 is 29.3 Å². The highest BCUT2D eigenvalue weighted by Gasteiger charge is 2.48. The minimum absolute atomic E-state index is 0.00380. The van der Waals surface area contributed by atoms with E-state index in [1.807, 2.05) is 57.0 Å². The number of benzene rings is 1. The van der Waals surface area contributed by atoms with Crippen molar-refractivity contribution in [3.8, 4) is 0 Å². The van der Waals surface area contributed by atoms with Crippen molar-refractivity contribution < 1.29 is 33.4 Å². The van der Waals surface area contributed by atoms with Crippen molar-refractivity contribution in [2.45, 2.75) is 134 Å². The van der Waals surface area contributed by atoms with Crippen LogP contribution in [0, 0.1) is 23.7 Å². The summed E-state index contributed by atoms with van der Waals surface area (Å²) in [7, 11) is 8.57. The molecule has 1 aliphatic carbocycles. The normalized spacial score (nSPS) is 24.9. The van der Waals surface area contributed by atoms with E-state index < -0.39 is 30.2 Å². The van der Waals surface area contributed by atoms with Gasteiger partial charge in [0.05, 0.1) is 55.3 Å². The van der Waals surface area contributed by atoms with Crippen molar-refractivity contribution in [2.24, 2.45) is 23.7 Å². The van der Waals surface area contributed by atoms with Crippen LogP contribution in [0.1, 0.15) is 85.1 Å². The highest BCUT2D eigenvalue weighted by atomic mass is 16.5. The van der Waals surface area contributed by atoms with E-state index in [9.17, 15) is 19.2 Å². The first-order valence-electron chi connectivity index (χ1n) is 20.4. The van der Waals surface area contributed by atoms with Gasteiger partial charge in [-0.05, 0) is 81.0 Å². The Hall–Kier alpha value is -3.26. The molecule has 13 nitrogen and oxygen atoms in total. The van der Waals surface area contributed by atoms with Gasteiger partial charge >= 0.3 is 0 Å². The van der Waals surface area contributed by atoms with Gasteiger partial charge < -0.3 is 40.4 Å². The van der Waals surface area contributed by atoms with Crippen molar-refractivity contribution in [1.29, 1.82) is 0 Å². The topological polar surface area (TPSA) is 156 Å². The molecule has 3 fully saturated rings. The minimum atomic E-state index is -0.711. The second-order valence-electron chi connectivity index (χ2n) is 16.8. The number of nitrogens with two attached hydrogens (primary N) is 1. The molecule has 1 aromatic rings. The molecule has 2 aliphatic heterocycles. The summed E-state index contributed by atoms with van der Waals surface area (Å²) in [6.45, 7) is 10.7. The number of nitrogens with one attached hydrogen (secondary N) is 2. The van der Waals surface area contributed by atoms with Crippen molar-refractivity contribution in [1.82, 2.24) is 25.3 Å². The lowest BCUT2D eigenvalue weighted by atomic mass is 9.89. The highest BCUT2D eigenvalue weighted by molar-refractivity contribution is 5.90. The zero-order chi connectivity index (χ0) is 40.6. The van der Waals surface area contributed by atoms with Crippen LogP contribution in [0.2, 0.25) is 0 Å². The van der Waals surface area contributed by atoms with Gasteiger partial charge in [0, 0.05) is 46.7 Å². The van der Waals surface area contributed by atoms with Gasteiger partial charge in [-0.3, -0.25) is 24.1 Å². The average molecular weight is 771 g/mol. The number of carbonyl (C=O) groups excluding carboxylic acids is 4. The lowest BCUT2D eigenvalue weighted by Gasteiger charge is -2.41. The summed E-state index contributed by atoms with van der Waals surface area (Å²) < 4.78 is 17.5. The molecular weight excluding hydrogens is 700 g/mol. The number of amides is 4. The average Bonchev–Trinajstić information content (AvgIpc) is 3.91. The predicted molar refractivity (Wildman–Crippen MR) is 214 cm³/mol. The van der Waals surface area contributed by atoms with Gasteiger partial charge in [-0.1, -0.05) is 53.2 Å². The molecule has 0 aromatic heterocycles. The molecule has 3 aliphatic rings. The minimum Gasteiger partial charge on any atom is -0.399 e. The summed E-state index contributed by atoms with van der Waals surface area (Å²) >= 11 is 0. The Labute approximate surface area is 329 Å². The SMILES string of the molecule is CC[C@H](C)[C@@H]([C@@H](CC(=O)N1CCCC1[C@H](OC)[C@@H](C)C(=O)NC(COC)Cc1cccc(N)c1)OC)N(C)C(=O)C(NC(=O)[C@@H]1[C@H]2CC[C@H](C2)N1C)C(C)C. The Bertz CT molecular complexity index is 1440. The van der Waals surface area contributed by atoms with E-state index in [0.717, 1.165) is 37.7 Å². The van der Waals surface area contributed by atoms with Crippen LogP contribution in [-0.4, -0.2) is 135 Å². The first-order chi connectivity index (χ1) is 26.2. The molecular formula is C42H70N6O7. The van der Waals surface area contributed by atoms with Gasteiger partial charge in [0.2, 0.25) is 23.6 Å². The van der Waals surface area contributed by atoms with Gasteiger partial charge in [-0.25, -0.2) is 0 Å². The lowest BCUT2D eigenvalue weighted by molar-refractivity contribution is -0.148. The molecule has 13 heteroatoms. The van der Waals surface area contributed by atoms with E-state index in [-0.39, 0.29) is 60.0 Å². The van der Waals surface area contributed by atoms with Crippen LogP contribution in [-0.2, 0) is 39.8 Å². The number of likely N-dealkylation sites (N-methyl/N-ethyl adjacent to an activating group) is 2. The third-order valence-corrected chi connectivity index (χ3v) is 12.8. The third-order valence-electron chi connectivity index (χ3n) is 12.8. The summed E-state index contributed by atoms with van der Waals surface area (Å²) in [5.74, 6) is -0.919. The zero-order valence-corrected chi connectivity index (χ0v) is 35.1. The Morgan fingerprint density at radius 3 is 2.33 bits per heavy atom. The van der Waals surface area contributed by atoms with Crippen LogP contribution < -0.4 is 16.4 Å². The van der Waals surface area contributed by atoms with E-state index in [0.29, 0.717) is 43.6 Å². The fourth-order valence-corrected chi connectivity index (χ4v) is 9.57. The third kappa shape index (κ3) is 10.6. The number of carbonyl (C=O) groups is 4.